The van der Waals surface area contributed by atoms with Gasteiger partial charge in [0.05, 0.1) is 31.6 Å². The zero-order valence-corrected chi connectivity index (χ0v) is 26.0. The van der Waals surface area contributed by atoms with Crippen molar-refractivity contribution in [2.75, 3.05) is 45.4 Å². The van der Waals surface area contributed by atoms with Crippen LogP contribution in [0, 0.1) is 24.2 Å². The van der Waals surface area contributed by atoms with Gasteiger partial charge in [0.2, 0.25) is 0 Å². The molecule has 222 valence electrons. The molecule has 10 nitrogen and oxygen atoms in total. The Morgan fingerprint density at radius 2 is 1.88 bits per heavy atom. The smallest absolute Gasteiger partial charge is 0.309 e. The average Bonchev–Trinajstić information content (AvgIpc) is 3.26. The van der Waals surface area contributed by atoms with Crippen molar-refractivity contribution in [2.24, 2.45) is 13.0 Å². The highest BCUT2D eigenvalue weighted by molar-refractivity contribution is 8.26. The summed E-state index contributed by atoms with van der Waals surface area (Å²) in [6, 6.07) is 7.65. The lowest BCUT2D eigenvalue weighted by molar-refractivity contribution is -0.148. The lowest BCUT2D eigenvalue weighted by Gasteiger charge is -2.35. The van der Waals surface area contributed by atoms with Gasteiger partial charge in [0, 0.05) is 32.2 Å². The highest BCUT2D eigenvalue weighted by atomic mass is 32.2. The maximum absolute atomic E-state index is 13.6. The average molecular weight is 611 g/mol. The van der Waals surface area contributed by atoms with Crippen molar-refractivity contribution in [3.8, 4) is 17.6 Å². The fourth-order valence-electron chi connectivity index (χ4n) is 5.28. The first-order valence-corrected chi connectivity index (χ1v) is 14.9. The maximum Gasteiger partial charge on any atom is 0.309 e. The number of piperidine rings is 1. The Bertz CT molecular complexity index is 1540. The molecule has 0 saturated carbocycles. The molecule has 0 bridgehead atoms. The summed E-state index contributed by atoms with van der Waals surface area (Å²) in [6.45, 7) is 5.26. The molecule has 2 aliphatic rings. The number of pyridine rings is 1. The minimum atomic E-state index is -0.405. The molecule has 2 aromatic rings. The van der Waals surface area contributed by atoms with E-state index in [1.165, 1.54) is 16.3 Å². The van der Waals surface area contributed by atoms with Crippen molar-refractivity contribution in [1.29, 1.82) is 5.26 Å². The fourth-order valence-corrected chi connectivity index (χ4v) is 6.57. The number of ether oxygens (including phenoxy) is 3. The van der Waals surface area contributed by atoms with Gasteiger partial charge in [-0.3, -0.25) is 23.9 Å². The number of anilines is 1. The summed E-state index contributed by atoms with van der Waals surface area (Å²) in [5.41, 5.74) is 1.70. The van der Waals surface area contributed by atoms with E-state index in [4.69, 9.17) is 26.4 Å². The van der Waals surface area contributed by atoms with Crippen LogP contribution in [0.3, 0.4) is 0 Å². The molecule has 0 aliphatic carbocycles. The van der Waals surface area contributed by atoms with Crippen molar-refractivity contribution < 1.29 is 23.8 Å². The summed E-state index contributed by atoms with van der Waals surface area (Å²) in [5.74, 6) is 1.19. The third-order valence-electron chi connectivity index (χ3n) is 7.60. The van der Waals surface area contributed by atoms with Gasteiger partial charge in [-0.25, -0.2) is 0 Å². The van der Waals surface area contributed by atoms with Crippen LogP contribution in [0.1, 0.15) is 42.0 Å². The minimum Gasteiger partial charge on any atom is -0.493 e. The van der Waals surface area contributed by atoms with Gasteiger partial charge in [-0.05, 0) is 62.4 Å². The van der Waals surface area contributed by atoms with Gasteiger partial charge in [0.1, 0.15) is 21.8 Å². The molecule has 2 fully saturated rings. The number of carbonyl (C=O) groups is 2. The molecule has 4 rings (SSSR count). The molecule has 0 N–H and O–H groups in total. The summed E-state index contributed by atoms with van der Waals surface area (Å²) >= 11 is 6.78. The Kier molecular flexibility index (Phi) is 9.96. The molecule has 1 aromatic heterocycles. The number of thioether (sulfide) groups is 1. The predicted molar refractivity (Wildman–Crippen MR) is 166 cm³/mol. The van der Waals surface area contributed by atoms with Gasteiger partial charge < -0.3 is 19.1 Å². The number of rotatable bonds is 9. The predicted octanol–water partition coefficient (Wildman–Crippen LogP) is 3.81. The van der Waals surface area contributed by atoms with Crippen LogP contribution in [0.2, 0.25) is 0 Å². The summed E-state index contributed by atoms with van der Waals surface area (Å²) < 4.78 is 17.8. The Labute approximate surface area is 254 Å². The third-order valence-corrected chi connectivity index (χ3v) is 8.98. The van der Waals surface area contributed by atoms with E-state index in [-0.39, 0.29) is 23.4 Å². The van der Waals surface area contributed by atoms with E-state index in [0.29, 0.717) is 83.2 Å². The third kappa shape index (κ3) is 6.17. The van der Waals surface area contributed by atoms with Gasteiger partial charge >= 0.3 is 5.97 Å². The molecular formula is C30H34N4O6S2. The zero-order valence-electron chi connectivity index (χ0n) is 24.4. The molecule has 0 radical (unpaired) electrons. The van der Waals surface area contributed by atoms with Crippen molar-refractivity contribution in [2.45, 2.75) is 33.1 Å². The normalized spacial score (nSPS) is 16.6. The number of hydrogen-bond donors (Lipinski definition) is 0. The minimum absolute atomic E-state index is 0.0258. The van der Waals surface area contributed by atoms with Crippen LogP contribution < -0.4 is 19.9 Å². The topological polar surface area (TPSA) is 114 Å². The fraction of sp³-hybridized carbons (Fsp3) is 0.433. The van der Waals surface area contributed by atoms with Gasteiger partial charge in [-0.15, -0.1) is 0 Å². The van der Waals surface area contributed by atoms with Gasteiger partial charge in [0.25, 0.3) is 11.5 Å². The van der Waals surface area contributed by atoms with E-state index in [2.05, 4.69) is 0 Å². The first kappa shape index (κ1) is 31.1. The first-order valence-electron chi connectivity index (χ1n) is 13.7. The number of hydrogen-bond acceptors (Lipinski definition) is 10. The molecule has 0 unspecified atom stereocenters. The number of amides is 1. The molecule has 3 heterocycles. The first-order chi connectivity index (χ1) is 20.1. The second-order valence-electron chi connectivity index (χ2n) is 10.00. The number of carbonyl (C=O) groups excluding carboxylic acids is 2. The molecule has 1 amide bonds. The summed E-state index contributed by atoms with van der Waals surface area (Å²) in [4.78, 5) is 43.0. The Hall–Kier alpha value is -3.82. The van der Waals surface area contributed by atoms with Gasteiger partial charge in [0.15, 0.2) is 11.5 Å². The van der Waals surface area contributed by atoms with Crippen molar-refractivity contribution >= 4 is 52.1 Å². The molecule has 2 saturated heterocycles. The lowest BCUT2D eigenvalue weighted by atomic mass is 9.95. The van der Waals surface area contributed by atoms with Crippen LogP contribution in [-0.2, 0) is 27.8 Å². The summed E-state index contributed by atoms with van der Waals surface area (Å²) in [5, 5.41) is 9.77. The van der Waals surface area contributed by atoms with E-state index in [1.54, 1.807) is 46.1 Å². The van der Waals surface area contributed by atoms with E-state index >= 15 is 0 Å². The quantitative estimate of drug-likeness (QED) is 0.236. The Morgan fingerprint density at radius 1 is 1.19 bits per heavy atom. The van der Waals surface area contributed by atoms with Crippen LogP contribution >= 0.6 is 24.0 Å². The SMILES string of the molecule is CCOC(=O)C1CCN(c2c(/C=C3/SC(=S)N(CCc4ccc(OC)c(OC)c4)C3=O)c(C)c(C#N)c(=O)n2C)CC1. The maximum atomic E-state index is 13.6. The summed E-state index contributed by atoms with van der Waals surface area (Å²) in [6.07, 6.45) is 3.43. The number of benzene rings is 1. The molecular weight excluding hydrogens is 576 g/mol. The standard InChI is InChI=1S/C30H34N4O6S2/c1-6-40-29(37)20-10-12-33(13-11-20)26-21(18(2)22(17-31)27(35)32(26)3)16-25-28(36)34(30(41)42-25)14-9-19-7-8-23(38-4)24(15-19)39-5/h7-8,15-16,20H,6,9-14H2,1-5H3/b25-16+. The number of esters is 1. The molecule has 42 heavy (non-hydrogen) atoms. The van der Waals surface area contributed by atoms with E-state index in [1.807, 2.05) is 29.2 Å². The van der Waals surface area contributed by atoms with Crippen LogP contribution in [0.5, 0.6) is 11.5 Å². The molecule has 2 aliphatic heterocycles. The van der Waals surface area contributed by atoms with E-state index in [0.717, 1.165) is 5.56 Å². The number of thiocarbonyl (C=S) groups is 1. The monoisotopic (exact) mass is 610 g/mol. The number of nitriles is 1. The van der Waals surface area contributed by atoms with E-state index < -0.39 is 5.56 Å². The van der Waals surface area contributed by atoms with Crippen LogP contribution in [0.25, 0.3) is 6.08 Å². The molecule has 0 atom stereocenters. The van der Waals surface area contributed by atoms with Crippen molar-refractivity contribution in [3.05, 3.63) is 55.7 Å². The molecule has 0 spiro atoms. The molecule has 1 aromatic carbocycles. The highest BCUT2D eigenvalue weighted by Gasteiger charge is 2.34. The highest BCUT2D eigenvalue weighted by Crippen LogP contribution is 2.37. The van der Waals surface area contributed by atoms with Crippen molar-refractivity contribution in [3.63, 3.8) is 0 Å². The van der Waals surface area contributed by atoms with E-state index in [9.17, 15) is 19.6 Å². The number of methoxy groups -OCH3 is 2. The number of nitrogens with zero attached hydrogens (tertiary/aromatic N) is 4. The Morgan fingerprint density at radius 3 is 2.50 bits per heavy atom. The lowest BCUT2D eigenvalue weighted by Crippen LogP contribution is -2.40. The van der Waals surface area contributed by atoms with Gasteiger partial charge in [-0.2, -0.15) is 5.26 Å². The summed E-state index contributed by atoms with van der Waals surface area (Å²) in [7, 11) is 4.78. The number of aromatic nitrogens is 1. The zero-order chi connectivity index (χ0) is 30.6. The second-order valence-corrected chi connectivity index (χ2v) is 11.7. The van der Waals surface area contributed by atoms with Crippen LogP contribution in [0.15, 0.2) is 27.9 Å². The van der Waals surface area contributed by atoms with Crippen LogP contribution in [0.4, 0.5) is 5.82 Å². The Balaban J connectivity index is 1.62. The second kappa shape index (κ2) is 13.4. The van der Waals surface area contributed by atoms with Crippen molar-refractivity contribution in [1.82, 2.24) is 9.47 Å². The largest absolute Gasteiger partial charge is 0.493 e. The van der Waals surface area contributed by atoms with Crippen LogP contribution in [-0.4, -0.2) is 66.1 Å². The molecule has 12 heteroatoms. The van der Waals surface area contributed by atoms with Gasteiger partial charge in [-0.1, -0.05) is 30.0 Å².